The van der Waals surface area contributed by atoms with Crippen molar-refractivity contribution in [3.05, 3.63) is 0 Å². The minimum atomic E-state index is -0.160. The van der Waals surface area contributed by atoms with E-state index in [9.17, 15) is 4.79 Å². The molecule has 0 aromatic rings. The molecule has 0 aromatic carbocycles. The Morgan fingerprint density at radius 1 is 1.50 bits per heavy atom. The van der Waals surface area contributed by atoms with Gasteiger partial charge in [-0.3, -0.25) is 4.79 Å². The second-order valence-electron chi connectivity index (χ2n) is 4.13. The molecular weight excluding hydrogens is 218 g/mol. The Kier molecular flexibility index (Phi) is 1.94. The molecule has 0 spiro atoms. The summed E-state index contributed by atoms with van der Waals surface area (Å²) >= 11 is 3.54. The normalized spacial score (nSPS) is 27.7. The third-order valence-electron chi connectivity index (χ3n) is 2.88. The zero-order valence-electron chi connectivity index (χ0n) is 7.35. The summed E-state index contributed by atoms with van der Waals surface area (Å²) in [6.07, 6.45) is 3.24. The Morgan fingerprint density at radius 2 is 2.08 bits per heavy atom. The van der Waals surface area contributed by atoms with Crippen LogP contribution in [0.5, 0.6) is 0 Å². The van der Waals surface area contributed by atoms with Crippen LogP contribution in [-0.4, -0.2) is 28.2 Å². The number of carbonyl (C=O) groups excluding carboxylic acids is 1. The topological polar surface area (TPSA) is 20.3 Å². The minimum absolute atomic E-state index is 0.160. The van der Waals surface area contributed by atoms with E-state index < -0.39 is 0 Å². The van der Waals surface area contributed by atoms with Crippen LogP contribution < -0.4 is 0 Å². The number of rotatable bonds is 1. The van der Waals surface area contributed by atoms with Gasteiger partial charge in [-0.25, -0.2) is 0 Å². The maximum Gasteiger partial charge on any atom is 0.239 e. The Morgan fingerprint density at radius 3 is 2.42 bits per heavy atom. The average Bonchev–Trinajstić information content (AvgIpc) is 1.93. The van der Waals surface area contributed by atoms with Gasteiger partial charge in [-0.05, 0) is 25.2 Å². The van der Waals surface area contributed by atoms with Crippen LogP contribution in [0.25, 0.3) is 0 Å². The number of hydrogen-bond donors (Lipinski definition) is 0. The Balaban J connectivity index is 1.92. The van der Waals surface area contributed by atoms with Crippen LogP contribution >= 0.6 is 15.9 Å². The molecule has 0 aromatic heterocycles. The molecule has 12 heavy (non-hydrogen) atoms. The van der Waals surface area contributed by atoms with Gasteiger partial charge < -0.3 is 4.90 Å². The highest BCUT2D eigenvalue weighted by molar-refractivity contribution is 9.10. The Bertz CT molecular complexity index is 207. The summed E-state index contributed by atoms with van der Waals surface area (Å²) in [7, 11) is 0. The van der Waals surface area contributed by atoms with E-state index in [4.69, 9.17) is 0 Å². The predicted molar refractivity (Wildman–Crippen MR) is 51.3 cm³/mol. The zero-order chi connectivity index (χ0) is 8.77. The van der Waals surface area contributed by atoms with Gasteiger partial charge in [-0.15, -0.1) is 0 Å². The van der Waals surface area contributed by atoms with Crippen molar-refractivity contribution < 1.29 is 4.79 Å². The molecule has 1 heterocycles. The van der Waals surface area contributed by atoms with Crippen molar-refractivity contribution in [2.75, 3.05) is 13.1 Å². The summed E-state index contributed by atoms with van der Waals surface area (Å²) in [6.45, 7) is 4.11. The standard InChI is InChI=1S/C9H14BrNO/c1-7-5-11(6-7)8(12)9(10)3-2-4-9/h7H,2-6H2,1H3. The number of carbonyl (C=O) groups is 1. The van der Waals surface area contributed by atoms with E-state index in [1.54, 1.807) is 0 Å². The van der Waals surface area contributed by atoms with Crippen LogP contribution in [-0.2, 0) is 4.79 Å². The molecule has 0 N–H and O–H groups in total. The van der Waals surface area contributed by atoms with Crippen LogP contribution in [0.2, 0.25) is 0 Å². The summed E-state index contributed by atoms with van der Waals surface area (Å²) in [5.41, 5.74) is 0. The average molecular weight is 232 g/mol. The molecular formula is C9H14BrNO. The first-order chi connectivity index (χ1) is 5.62. The molecule has 2 rings (SSSR count). The molecule has 1 amide bonds. The fourth-order valence-electron chi connectivity index (χ4n) is 1.85. The first-order valence-corrected chi connectivity index (χ1v) is 5.39. The number of alkyl halides is 1. The third kappa shape index (κ3) is 1.18. The monoisotopic (exact) mass is 231 g/mol. The highest BCUT2D eigenvalue weighted by Gasteiger charge is 2.46. The lowest BCUT2D eigenvalue weighted by Gasteiger charge is -2.45. The van der Waals surface area contributed by atoms with Crippen molar-refractivity contribution in [2.45, 2.75) is 30.5 Å². The number of hydrogen-bond acceptors (Lipinski definition) is 1. The number of nitrogens with zero attached hydrogens (tertiary/aromatic N) is 1. The fraction of sp³-hybridized carbons (Fsp3) is 0.889. The molecule has 0 bridgehead atoms. The lowest BCUT2D eigenvalue weighted by Crippen LogP contribution is -2.57. The summed E-state index contributed by atoms with van der Waals surface area (Å²) in [5.74, 6) is 1.04. The van der Waals surface area contributed by atoms with Gasteiger partial charge in [0.15, 0.2) is 0 Å². The lowest BCUT2D eigenvalue weighted by atomic mass is 9.82. The molecule has 1 aliphatic heterocycles. The molecule has 1 aliphatic carbocycles. The summed E-state index contributed by atoms with van der Waals surface area (Å²) in [4.78, 5) is 13.7. The molecule has 0 unspecified atom stereocenters. The van der Waals surface area contributed by atoms with Gasteiger partial charge in [-0.1, -0.05) is 22.9 Å². The van der Waals surface area contributed by atoms with Crippen LogP contribution in [0.1, 0.15) is 26.2 Å². The molecule has 0 radical (unpaired) electrons. The maximum absolute atomic E-state index is 11.8. The minimum Gasteiger partial charge on any atom is -0.341 e. The largest absolute Gasteiger partial charge is 0.341 e. The molecule has 3 heteroatoms. The van der Waals surface area contributed by atoms with E-state index in [1.165, 1.54) is 6.42 Å². The van der Waals surface area contributed by atoms with E-state index in [0.717, 1.165) is 25.9 Å². The molecule has 1 saturated heterocycles. The lowest BCUT2D eigenvalue weighted by molar-refractivity contribution is -0.141. The van der Waals surface area contributed by atoms with Crippen molar-refractivity contribution in [1.82, 2.24) is 4.90 Å². The van der Waals surface area contributed by atoms with Gasteiger partial charge in [0.2, 0.25) is 5.91 Å². The number of halogens is 1. The second kappa shape index (κ2) is 2.72. The zero-order valence-corrected chi connectivity index (χ0v) is 8.93. The summed E-state index contributed by atoms with van der Waals surface area (Å²) in [6, 6.07) is 0. The predicted octanol–water partition coefficient (Wildman–Crippen LogP) is 1.78. The summed E-state index contributed by atoms with van der Waals surface area (Å²) in [5, 5.41) is 0. The van der Waals surface area contributed by atoms with E-state index in [0.29, 0.717) is 11.8 Å². The van der Waals surface area contributed by atoms with Gasteiger partial charge >= 0.3 is 0 Å². The van der Waals surface area contributed by atoms with Crippen molar-refractivity contribution in [3.8, 4) is 0 Å². The van der Waals surface area contributed by atoms with Crippen molar-refractivity contribution in [2.24, 2.45) is 5.92 Å². The van der Waals surface area contributed by atoms with Gasteiger partial charge in [-0.2, -0.15) is 0 Å². The first kappa shape index (κ1) is 8.54. The van der Waals surface area contributed by atoms with E-state index in [-0.39, 0.29) is 4.32 Å². The highest BCUT2D eigenvalue weighted by Crippen LogP contribution is 2.42. The highest BCUT2D eigenvalue weighted by atomic mass is 79.9. The van der Waals surface area contributed by atoms with Crippen LogP contribution in [0.4, 0.5) is 0 Å². The van der Waals surface area contributed by atoms with Crippen molar-refractivity contribution >= 4 is 21.8 Å². The molecule has 2 fully saturated rings. The van der Waals surface area contributed by atoms with Gasteiger partial charge in [0.1, 0.15) is 4.32 Å². The van der Waals surface area contributed by atoms with Crippen molar-refractivity contribution in [3.63, 3.8) is 0 Å². The smallest absolute Gasteiger partial charge is 0.239 e. The third-order valence-corrected chi connectivity index (χ3v) is 4.01. The molecule has 0 atom stereocenters. The quantitative estimate of drug-likeness (QED) is 0.631. The molecule has 68 valence electrons. The SMILES string of the molecule is CC1CN(C(=O)C2(Br)CCC2)C1. The van der Waals surface area contributed by atoms with E-state index in [1.807, 2.05) is 4.90 Å². The Labute approximate surface area is 81.4 Å². The van der Waals surface area contributed by atoms with E-state index in [2.05, 4.69) is 22.9 Å². The van der Waals surface area contributed by atoms with Crippen LogP contribution in [0.15, 0.2) is 0 Å². The summed E-state index contributed by atoms with van der Waals surface area (Å²) < 4.78 is -0.160. The number of likely N-dealkylation sites (tertiary alicyclic amines) is 1. The van der Waals surface area contributed by atoms with E-state index >= 15 is 0 Å². The maximum atomic E-state index is 11.8. The van der Waals surface area contributed by atoms with Crippen molar-refractivity contribution in [1.29, 1.82) is 0 Å². The van der Waals surface area contributed by atoms with Gasteiger partial charge in [0, 0.05) is 13.1 Å². The number of amides is 1. The molecule has 1 saturated carbocycles. The van der Waals surface area contributed by atoms with Gasteiger partial charge in [0.05, 0.1) is 0 Å². The Hall–Kier alpha value is -0.0500. The molecule has 2 aliphatic rings. The van der Waals surface area contributed by atoms with Gasteiger partial charge in [0.25, 0.3) is 0 Å². The first-order valence-electron chi connectivity index (χ1n) is 4.60. The fourth-order valence-corrected chi connectivity index (χ4v) is 2.66. The van der Waals surface area contributed by atoms with Crippen LogP contribution in [0, 0.1) is 5.92 Å². The van der Waals surface area contributed by atoms with Crippen LogP contribution in [0.3, 0.4) is 0 Å². The molecule has 2 nitrogen and oxygen atoms in total. The second-order valence-corrected chi connectivity index (χ2v) is 5.65.